The summed E-state index contributed by atoms with van der Waals surface area (Å²) in [6.07, 6.45) is 6.81. The van der Waals surface area contributed by atoms with Gasteiger partial charge in [-0.25, -0.2) is 0 Å². The molecule has 0 saturated heterocycles. The summed E-state index contributed by atoms with van der Waals surface area (Å²) in [6.45, 7) is 0. The number of aromatic nitrogens is 4. The molecule has 0 aliphatic heterocycles. The van der Waals surface area contributed by atoms with E-state index in [1.165, 1.54) is 0 Å². The average Bonchev–Trinajstić information content (AvgIpc) is 2.89. The van der Waals surface area contributed by atoms with Gasteiger partial charge in [-0.2, -0.15) is 0 Å². The van der Waals surface area contributed by atoms with Gasteiger partial charge in [-0.15, -0.1) is 0 Å². The van der Waals surface area contributed by atoms with Crippen LogP contribution in [0.3, 0.4) is 0 Å². The Morgan fingerprint density at radius 2 is 1.86 bits per heavy atom. The molecule has 5 nitrogen and oxygen atoms in total. The Kier molecular flexibility index (Phi) is 2.77. The number of rotatable bonds is 1. The highest BCUT2D eigenvalue weighted by atomic mass is 35.5. The van der Waals surface area contributed by atoms with E-state index in [0.717, 1.165) is 5.39 Å². The molecule has 4 rings (SSSR count). The van der Waals surface area contributed by atoms with Crippen LogP contribution in [-0.4, -0.2) is 19.1 Å². The van der Waals surface area contributed by atoms with Crippen LogP contribution in [-0.2, 0) is 7.05 Å². The fraction of sp³-hybridized carbons (Fsp3) is 0.0625. The first-order valence-electron chi connectivity index (χ1n) is 6.72. The lowest BCUT2D eigenvalue weighted by molar-refractivity contribution is 0.931. The Balaban J connectivity index is 2.14. The molecule has 0 atom stereocenters. The Labute approximate surface area is 130 Å². The summed E-state index contributed by atoms with van der Waals surface area (Å²) in [6, 6.07) is 7.28. The van der Waals surface area contributed by atoms with Crippen molar-refractivity contribution in [3.8, 4) is 5.69 Å². The molecule has 1 aromatic carbocycles. The molecule has 0 aliphatic carbocycles. The number of halogens is 1. The molecule has 22 heavy (non-hydrogen) atoms. The summed E-state index contributed by atoms with van der Waals surface area (Å²) in [5.41, 5.74) is 2.45. The zero-order valence-corrected chi connectivity index (χ0v) is 12.4. The van der Waals surface area contributed by atoms with E-state index < -0.39 is 0 Å². The predicted octanol–water partition coefficient (Wildman–Crippen LogP) is 2.93. The van der Waals surface area contributed by atoms with Gasteiger partial charge in [0.05, 0.1) is 11.2 Å². The van der Waals surface area contributed by atoms with Crippen molar-refractivity contribution in [2.75, 3.05) is 0 Å². The minimum Gasteiger partial charge on any atom is -0.346 e. The molecule has 3 aromatic heterocycles. The third-order valence-electron chi connectivity index (χ3n) is 3.71. The van der Waals surface area contributed by atoms with Crippen molar-refractivity contribution in [1.29, 1.82) is 0 Å². The molecular formula is C16H11ClN4O. The van der Waals surface area contributed by atoms with E-state index in [0.29, 0.717) is 27.3 Å². The van der Waals surface area contributed by atoms with E-state index in [2.05, 4.69) is 9.97 Å². The number of pyridine rings is 1. The molecule has 0 saturated carbocycles. The van der Waals surface area contributed by atoms with E-state index >= 15 is 0 Å². The summed E-state index contributed by atoms with van der Waals surface area (Å²) < 4.78 is 3.37. The van der Waals surface area contributed by atoms with Crippen LogP contribution < -0.4 is 5.56 Å². The summed E-state index contributed by atoms with van der Waals surface area (Å²) in [4.78, 5) is 21.4. The van der Waals surface area contributed by atoms with Crippen molar-refractivity contribution in [2.45, 2.75) is 0 Å². The Hall–Kier alpha value is -2.66. The van der Waals surface area contributed by atoms with Crippen molar-refractivity contribution in [1.82, 2.24) is 19.1 Å². The predicted molar refractivity (Wildman–Crippen MR) is 86.6 cm³/mol. The van der Waals surface area contributed by atoms with E-state index in [1.807, 2.05) is 29.9 Å². The lowest BCUT2D eigenvalue weighted by atomic mass is 10.2. The summed E-state index contributed by atoms with van der Waals surface area (Å²) in [7, 11) is 1.85. The van der Waals surface area contributed by atoms with Gasteiger partial charge in [-0.1, -0.05) is 11.6 Å². The Bertz CT molecular complexity index is 1080. The first-order valence-corrected chi connectivity index (χ1v) is 7.10. The third-order valence-corrected chi connectivity index (χ3v) is 3.92. The number of nitrogens with zero attached hydrogens (tertiary/aromatic N) is 4. The van der Waals surface area contributed by atoms with Gasteiger partial charge in [0.1, 0.15) is 11.0 Å². The number of hydrogen-bond acceptors (Lipinski definition) is 3. The molecule has 108 valence electrons. The molecule has 0 fully saturated rings. The molecule has 0 spiro atoms. The van der Waals surface area contributed by atoms with Gasteiger partial charge in [0.2, 0.25) is 0 Å². The Morgan fingerprint density at radius 1 is 1.09 bits per heavy atom. The minimum atomic E-state index is -0.112. The first kappa shape index (κ1) is 13.0. The molecule has 0 N–H and O–H groups in total. The number of benzene rings is 1. The van der Waals surface area contributed by atoms with E-state index in [9.17, 15) is 4.79 Å². The van der Waals surface area contributed by atoms with Crippen LogP contribution in [0.4, 0.5) is 0 Å². The lowest BCUT2D eigenvalue weighted by Crippen LogP contribution is -2.19. The van der Waals surface area contributed by atoms with Gasteiger partial charge in [-0.05, 0) is 24.3 Å². The first-order chi connectivity index (χ1) is 10.6. The van der Waals surface area contributed by atoms with Gasteiger partial charge in [0.25, 0.3) is 5.56 Å². The zero-order valence-electron chi connectivity index (χ0n) is 11.7. The highest BCUT2D eigenvalue weighted by Crippen LogP contribution is 2.23. The van der Waals surface area contributed by atoms with Crippen LogP contribution in [0.25, 0.3) is 27.6 Å². The quantitative estimate of drug-likeness (QED) is 0.543. The van der Waals surface area contributed by atoms with E-state index in [1.54, 1.807) is 35.3 Å². The second-order valence-electron chi connectivity index (χ2n) is 5.07. The van der Waals surface area contributed by atoms with Crippen molar-refractivity contribution in [3.05, 3.63) is 64.4 Å². The summed E-state index contributed by atoms with van der Waals surface area (Å²) in [5.74, 6) is 0. The zero-order chi connectivity index (χ0) is 15.3. The normalized spacial score (nSPS) is 11.4. The van der Waals surface area contributed by atoms with Crippen molar-refractivity contribution < 1.29 is 0 Å². The summed E-state index contributed by atoms with van der Waals surface area (Å²) >= 11 is 6.17. The monoisotopic (exact) mass is 310 g/mol. The molecule has 6 heteroatoms. The molecule has 0 bridgehead atoms. The maximum absolute atomic E-state index is 12.8. The maximum Gasteiger partial charge on any atom is 0.279 e. The van der Waals surface area contributed by atoms with Crippen LogP contribution in [0.5, 0.6) is 0 Å². The number of hydrogen-bond donors (Lipinski definition) is 0. The molecule has 0 radical (unpaired) electrons. The van der Waals surface area contributed by atoms with Gasteiger partial charge in [0, 0.05) is 42.2 Å². The number of aryl methyl sites for hydroxylation is 1. The van der Waals surface area contributed by atoms with Crippen molar-refractivity contribution >= 4 is 33.5 Å². The van der Waals surface area contributed by atoms with E-state index in [4.69, 9.17) is 11.6 Å². The van der Waals surface area contributed by atoms with Crippen LogP contribution >= 0.6 is 11.6 Å². The fourth-order valence-corrected chi connectivity index (χ4v) is 2.90. The van der Waals surface area contributed by atoms with Crippen LogP contribution in [0.2, 0.25) is 5.02 Å². The average molecular weight is 311 g/mol. The van der Waals surface area contributed by atoms with Crippen molar-refractivity contribution in [3.63, 3.8) is 0 Å². The minimum absolute atomic E-state index is 0.112. The maximum atomic E-state index is 12.8. The summed E-state index contributed by atoms with van der Waals surface area (Å²) in [5, 5.41) is 1.42. The highest BCUT2D eigenvalue weighted by Gasteiger charge is 2.12. The van der Waals surface area contributed by atoms with Gasteiger partial charge >= 0.3 is 0 Å². The van der Waals surface area contributed by atoms with Crippen LogP contribution in [0.1, 0.15) is 0 Å². The molecule has 3 heterocycles. The van der Waals surface area contributed by atoms with Crippen molar-refractivity contribution in [2.24, 2.45) is 7.05 Å². The third kappa shape index (κ3) is 1.83. The van der Waals surface area contributed by atoms with E-state index in [-0.39, 0.29) is 5.56 Å². The van der Waals surface area contributed by atoms with Gasteiger partial charge in [-0.3, -0.25) is 19.3 Å². The smallest absolute Gasteiger partial charge is 0.279 e. The SMILES string of the molecule is Cn1ccc2ccn(-c3cc(Cl)cc4nccnc34)c(=O)c21. The Morgan fingerprint density at radius 3 is 2.73 bits per heavy atom. The van der Waals surface area contributed by atoms with Gasteiger partial charge in [0.15, 0.2) is 0 Å². The van der Waals surface area contributed by atoms with Crippen LogP contribution in [0, 0.1) is 0 Å². The lowest BCUT2D eigenvalue weighted by Gasteiger charge is -2.10. The molecule has 4 aromatic rings. The van der Waals surface area contributed by atoms with Crippen LogP contribution in [0.15, 0.2) is 53.8 Å². The van der Waals surface area contributed by atoms with Gasteiger partial charge < -0.3 is 4.57 Å². The molecular weight excluding hydrogens is 300 g/mol. The molecule has 0 unspecified atom stereocenters. The second-order valence-corrected chi connectivity index (χ2v) is 5.51. The fourth-order valence-electron chi connectivity index (χ4n) is 2.69. The standard InChI is InChI=1S/C16H11ClN4O/c1-20-6-2-10-3-7-21(16(22)15(10)20)13-9-11(17)8-12-14(13)19-5-4-18-12/h2-9H,1H3. The number of fused-ring (bicyclic) bond motifs is 2. The second kappa shape index (κ2) is 4.68. The topological polar surface area (TPSA) is 52.7 Å². The molecule has 0 amide bonds. The largest absolute Gasteiger partial charge is 0.346 e. The molecule has 0 aliphatic rings. The highest BCUT2D eigenvalue weighted by molar-refractivity contribution is 6.31.